The summed E-state index contributed by atoms with van der Waals surface area (Å²) in [4.78, 5) is 33.2. The van der Waals surface area contributed by atoms with E-state index < -0.39 is 5.97 Å². The molecule has 0 amide bonds. The van der Waals surface area contributed by atoms with Crippen LogP contribution in [-0.4, -0.2) is 37.0 Å². The maximum Gasteiger partial charge on any atom is 0.336 e. The average Bonchev–Trinajstić information content (AvgIpc) is 3.28. The second kappa shape index (κ2) is 9.85. The predicted molar refractivity (Wildman–Crippen MR) is 121 cm³/mol. The Morgan fingerprint density at radius 3 is 2.75 bits per heavy atom. The minimum absolute atomic E-state index is 0.0270. The van der Waals surface area contributed by atoms with Crippen molar-refractivity contribution < 1.29 is 14.7 Å². The Kier molecular flexibility index (Phi) is 6.73. The molecule has 0 aliphatic heterocycles. The molecule has 3 aromatic rings. The summed E-state index contributed by atoms with van der Waals surface area (Å²) < 4.78 is 0. The molecular weight excluding hydrogens is 404 g/mol. The predicted octanol–water partition coefficient (Wildman–Crippen LogP) is 4.94. The average molecular weight is 433 g/mol. The van der Waals surface area contributed by atoms with Crippen LogP contribution in [0.4, 0.5) is 0 Å². The summed E-state index contributed by atoms with van der Waals surface area (Å²) >= 11 is 0. The number of carboxylic acid groups (broad SMARTS) is 1. The number of aromatic amines is 1. The molecule has 4 rings (SSSR count). The lowest BCUT2D eigenvalue weighted by Crippen LogP contribution is -2.24. The van der Waals surface area contributed by atoms with Crippen LogP contribution in [0.2, 0.25) is 0 Å². The number of nitrogens with one attached hydrogen (secondary N) is 1. The lowest BCUT2D eigenvalue weighted by molar-refractivity contribution is 0.0697. The number of carboxylic acids is 1. The third-order valence-electron chi connectivity index (χ3n) is 6.23. The first-order valence-electron chi connectivity index (χ1n) is 11.3. The van der Waals surface area contributed by atoms with Gasteiger partial charge in [-0.15, -0.1) is 0 Å². The zero-order valence-corrected chi connectivity index (χ0v) is 18.3. The number of hydrogen-bond acceptors (Lipinski definition) is 5. The van der Waals surface area contributed by atoms with Crippen molar-refractivity contribution in [3.05, 3.63) is 65.4 Å². The molecular formula is C25H28N4O3. The van der Waals surface area contributed by atoms with Crippen LogP contribution in [0, 0.1) is 11.8 Å². The Morgan fingerprint density at radius 1 is 1.16 bits per heavy atom. The largest absolute Gasteiger partial charge is 0.478 e. The Balaban J connectivity index is 1.43. The van der Waals surface area contributed by atoms with Crippen LogP contribution in [0.5, 0.6) is 0 Å². The van der Waals surface area contributed by atoms with Crippen LogP contribution in [-0.2, 0) is 6.42 Å². The van der Waals surface area contributed by atoms with Gasteiger partial charge in [0.05, 0.1) is 11.3 Å². The van der Waals surface area contributed by atoms with Gasteiger partial charge >= 0.3 is 5.97 Å². The molecule has 32 heavy (non-hydrogen) atoms. The molecule has 2 unspecified atom stereocenters. The second-order valence-corrected chi connectivity index (χ2v) is 8.57. The van der Waals surface area contributed by atoms with Crippen molar-refractivity contribution in [2.24, 2.45) is 11.8 Å². The Labute approximate surface area is 187 Å². The second-order valence-electron chi connectivity index (χ2n) is 8.57. The standard InChI is InChI=1S/C25H28N4O3/c1-2-6-16-7-5-8-18(13-16)23(30)24-27-22(28-29-24)14-17-11-12-21(26-15-17)19-9-3-4-10-20(19)25(31)32/h3-4,9-12,15-16,18H,2,5-8,13-14H2,1H3,(H,31,32)(H,27,28,29). The monoisotopic (exact) mass is 432 g/mol. The van der Waals surface area contributed by atoms with Crippen molar-refractivity contribution in [2.75, 3.05) is 0 Å². The Hall–Kier alpha value is -3.35. The van der Waals surface area contributed by atoms with E-state index in [0.29, 0.717) is 29.4 Å². The molecule has 1 aromatic carbocycles. The molecule has 166 valence electrons. The van der Waals surface area contributed by atoms with E-state index in [0.717, 1.165) is 31.2 Å². The molecule has 1 fully saturated rings. The molecule has 1 aliphatic rings. The number of H-pyrrole nitrogens is 1. The zero-order valence-electron chi connectivity index (χ0n) is 18.3. The lowest BCUT2D eigenvalue weighted by Gasteiger charge is -2.27. The third kappa shape index (κ3) is 4.93. The summed E-state index contributed by atoms with van der Waals surface area (Å²) in [6.45, 7) is 2.19. The van der Waals surface area contributed by atoms with Gasteiger partial charge in [-0.3, -0.25) is 14.9 Å². The molecule has 2 aromatic heterocycles. The van der Waals surface area contributed by atoms with Crippen LogP contribution in [0.1, 0.15) is 77.8 Å². The molecule has 1 aliphatic carbocycles. The fraction of sp³-hybridized carbons (Fsp3) is 0.400. The van der Waals surface area contributed by atoms with E-state index in [-0.39, 0.29) is 23.1 Å². The van der Waals surface area contributed by atoms with E-state index in [1.807, 2.05) is 6.07 Å². The number of hydrogen-bond donors (Lipinski definition) is 2. The number of rotatable bonds is 8. The van der Waals surface area contributed by atoms with Gasteiger partial charge in [-0.25, -0.2) is 9.78 Å². The third-order valence-corrected chi connectivity index (χ3v) is 6.23. The molecule has 7 nitrogen and oxygen atoms in total. The van der Waals surface area contributed by atoms with Gasteiger partial charge in [0.1, 0.15) is 5.82 Å². The molecule has 2 atom stereocenters. The molecule has 0 spiro atoms. The number of Topliss-reactive ketones (excluding diaryl/α,β-unsaturated/α-hetero) is 1. The maximum absolute atomic E-state index is 12.9. The molecule has 0 saturated heterocycles. The molecule has 1 saturated carbocycles. The highest BCUT2D eigenvalue weighted by Crippen LogP contribution is 2.33. The molecule has 0 radical (unpaired) electrons. The van der Waals surface area contributed by atoms with Gasteiger partial charge in [-0.2, -0.15) is 5.10 Å². The number of ketones is 1. The van der Waals surface area contributed by atoms with Gasteiger partial charge in [0, 0.05) is 24.1 Å². The quantitative estimate of drug-likeness (QED) is 0.488. The lowest BCUT2D eigenvalue weighted by atomic mass is 9.77. The first-order valence-corrected chi connectivity index (χ1v) is 11.3. The highest BCUT2D eigenvalue weighted by Gasteiger charge is 2.29. The SMILES string of the molecule is CCCC1CCCC(C(=O)c2n[nH]c(Cc3ccc(-c4ccccc4C(=O)O)nc3)n2)C1. The van der Waals surface area contributed by atoms with Crippen LogP contribution in [0.15, 0.2) is 42.6 Å². The summed E-state index contributed by atoms with van der Waals surface area (Å²) in [5, 5.41) is 16.5. The van der Waals surface area contributed by atoms with Crippen molar-refractivity contribution in [1.82, 2.24) is 20.2 Å². The van der Waals surface area contributed by atoms with E-state index in [9.17, 15) is 14.7 Å². The van der Waals surface area contributed by atoms with Gasteiger partial charge in [0.25, 0.3) is 0 Å². The topological polar surface area (TPSA) is 109 Å². The van der Waals surface area contributed by atoms with Crippen molar-refractivity contribution in [3.8, 4) is 11.3 Å². The summed E-state index contributed by atoms with van der Waals surface area (Å²) in [6.07, 6.45) is 8.70. The Bertz CT molecular complexity index is 1090. The van der Waals surface area contributed by atoms with Gasteiger partial charge in [0.15, 0.2) is 0 Å². The van der Waals surface area contributed by atoms with Crippen molar-refractivity contribution >= 4 is 11.8 Å². The van der Waals surface area contributed by atoms with E-state index in [2.05, 4.69) is 27.1 Å². The van der Waals surface area contributed by atoms with Gasteiger partial charge in [-0.1, -0.05) is 56.9 Å². The maximum atomic E-state index is 12.9. The van der Waals surface area contributed by atoms with Crippen LogP contribution in [0.25, 0.3) is 11.3 Å². The number of benzene rings is 1. The summed E-state index contributed by atoms with van der Waals surface area (Å²) in [7, 11) is 0. The first kappa shape index (κ1) is 21.9. The van der Waals surface area contributed by atoms with E-state index in [1.165, 1.54) is 12.8 Å². The van der Waals surface area contributed by atoms with Crippen LogP contribution < -0.4 is 0 Å². The number of carbonyl (C=O) groups is 2. The van der Waals surface area contributed by atoms with Crippen molar-refractivity contribution in [3.63, 3.8) is 0 Å². The van der Waals surface area contributed by atoms with E-state index in [4.69, 9.17) is 0 Å². The highest BCUT2D eigenvalue weighted by molar-refractivity contribution is 5.95. The minimum atomic E-state index is -0.982. The van der Waals surface area contributed by atoms with Gasteiger partial charge in [-0.05, 0) is 36.5 Å². The highest BCUT2D eigenvalue weighted by atomic mass is 16.4. The minimum Gasteiger partial charge on any atom is -0.478 e. The summed E-state index contributed by atoms with van der Waals surface area (Å²) in [5.74, 6) is 0.629. The molecule has 2 heterocycles. The normalized spacial score (nSPS) is 18.4. The van der Waals surface area contributed by atoms with E-state index in [1.54, 1.807) is 36.5 Å². The summed E-state index contributed by atoms with van der Waals surface area (Å²) in [6, 6.07) is 10.5. The number of nitrogens with zero attached hydrogens (tertiary/aromatic N) is 3. The van der Waals surface area contributed by atoms with Gasteiger partial charge < -0.3 is 5.11 Å². The fourth-order valence-electron chi connectivity index (χ4n) is 4.64. The van der Waals surface area contributed by atoms with Crippen LogP contribution >= 0.6 is 0 Å². The number of aromatic nitrogens is 4. The van der Waals surface area contributed by atoms with Crippen LogP contribution in [0.3, 0.4) is 0 Å². The Morgan fingerprint density at radius 2 is 2.00 bits per heavy atom. The fourth-order valence-corrected chi connectivity index (χ4v) is 4.64. The molecule has 0 bridgehead atoms. The summed E-state index contributed by atoms with van der Waals surface area (Å²) in [5.41, 5.74) is 2.29. The number of pyridine rings is 1. The molecule has 7 heteroatoms. The van der Waals surface area contributed by atoms with Gasteiger partial charge in [0.2, 0.25) is 11.6 Å². The number of aromatic carboxylic acids is 1. The first-order chi connectivity index (χ1) is 15.5. The van der Waals surface area contributed by atoms with Crippen molar-refractivity contribution in [1.29, 1.82) is 0 Å². The van der Waals surface area contributed by atoms with Crippen molar-refractivity contribution in [2.45, 2.75) is 51.9 Å². The smallest absolute Gasteiger partial charge is 0.336 e. The van der Waals surface area contributed by atoms with E-state index >= 15 is 0 Å². The zero-order chi connectivity index (χ0) is 22.5. The number of carbonyl (C=O) groups excluding carboxylic acids is 1. The molecule has 2 N–H and O–H groups in total.